The molecule has 0 spiro atoms. The average molecular weight is 212 g/mol. The van der Waals surface area contributed by atoms with Gasteiger partial charge in [-0.05, 0) is 45.2 Å². The van der Waals surface area contributed by atoms with Crippen LogP contribution in [0.1, 0.15) is 32.1 Å². The first-order valence-corrected chi connectivity index (χ1v) is 6.47. The molecule has 3 heteroatoms. The lowest BCUT2D eigenvalue weighted by Crippen LogP contribution is -2.50. The van der Waals surface area contributed by atoms with Crippen LogP contribution in [0.15, 0.2) is 0 Å². The first kappa shape index (κ1) is 11.4. The molecule has 2 rings (SSSR count). The van der Waals surface area contributed by atoms with Crippen molar-refractivity contribution in [1.82, 2.24) is 9.80 Å². The van der Waals surface area contributed by atoms with Crippen molar-refractivity contribution in [3.63, 3.8) is 0 Å². The Morgan fingerprint density at radius 2 is 2.00 bits per heavy atom. The minimum Gasteiger partial charge on any atom is -0.396 e. The van der Waals surface area contributed by atoms with E-state index in [9.17, 15) is 0 Å². The zero-order valence-corrected chi connectivity index (χ0v) is 9.70. The monoisotopic (exact) mass is 212 g/mol. The highest BCUT2D eigenvalue weighted by molar-refractivity contribution is 4.86. The third-order valence-electron chi connectivity index (χ3n) is 3.80. The number of aliphatic hydroxyl groups is 1. The lowest BCUT2D eigenvalue weighted by atomic mass is 10.1. The fraction of sp³-hybridized carbons (Fsp3) is 1.00. The van der Waals surface area contributed by atoms with E-state index in [2.05, 4.69) is 9.80 Å². The van der Waals surface area contributed by atoms with Gasteiger partial charge >= 0.3 is 0 Å². The van der Waals surface area contributed by atoms with Crippen molar-refractivity contribution < 1.29 is 5.11 Å². The van der Waals surface area contributed by atoms with Gasteiger partial charge in [0.1, 0.15) is 0 Å². The van der Waals surface area contributed by atoms with Gasteiger partial charge in [0.2, 0.25) is 0 Å². The average Bonchev–Trinajstić information content (AvgIpc) is 2.71. The SMILES string of the molecule is OCCCCCN1CCN2CCCC2C1. The van der Waals surface area contributed by atoms with Gasteiger partial charge in [0.15, 0.2) is 0 Å². The topological polar surface area (TPSA) is 26.7 Å². The number of nitrogens with zero attached hydrogens (tertiary/aromatic N) is 2. The summed E-state index contributed by atoms with van der Waals surface area (Å²) in [5, 5.41) is 8.71. The number of rotatable bonds is 5. The van der Waals surface area contributed by atoms with Gasteiger partial charge in [-0.25, -0.2) is 0 Å². The summed E-state index contributed by atoms with van der Waals surface area (Å²) in [5.41, 5.74) is 0. The van der Waals surface area contributed by atoms with E-state index < -0.39 is 0 Å². The van der Waals surface area contributed by atoms with Gasteiger partial charge in [0, 0.05) is 32.3 Å². The molecule has 1 N–H and O–H groups in total. The Hall–Kier alpha value is -0.120. The minimum atomic E-state index is 0.358. The Morgan fingerprint density at radius 3 is 2.87 bits per heavy atom. The van der Waals surface area contributed by atoms with E-state index in [4.69, 9.17) is 5.11 Å². The molecule has 0 aliphatic carbocycles. The molecular formula is C12H24N2O. The minimum absolute atomic E-state index is 0.358. The largest absolute Gasteiger partial charge is 0.396 e. The third kappa shape index (κ3) is 3.16. The summed E-state index contributed by atoms with van der Waals surface area (Å²) in [6.07, 6.45) is 6.23. The maximum Gasteiger partial charge on any atom is 0.0431 e. The summed E-state index contributed by atoms with van der Waals surface area (Å²) in [6.45, 7) is 6.77. The number of unbranched alkanes of at least 4 members (excludes halogenated alkanes) is 2. The van der Waals surface area contributed by atoms with Crippen LogP contribution in [0.2, 0.25) is 0 Å². The van der Waals surface area contributed by atoms with Crippen LogP contribution < -0.4 is 0 Å². The van der Waals surface area contributed by atoms with Crippen LogP contribution in [0.25, 0.3) is 0 Å². The summed E-state index contributed by atoms with van der Waals surface area (Å²) >= 11 is 0. The molecule has 0 saturated carbocycles. The zero-order valence-electron chi connectivity index (χ0n) is 9.70. The van der Waals surface area contributed by atoms with Crippen molar-refractivity contribution in [3.05, 3.63) is 0 Å². The Balaban J connectivity index is 1.62. The molecule has 0 radical (unpaired) electrons. The van der Waals surface area contributed by atoms with E-state index in [0.29, 0.717) is 6.61 Å². The molecule has 2 aliphatic rings. The number of hydrogen-bond acceptors (Lipinski definition) is 3. The van der Waals surface area contributed by atoms with Crippen molar-refractivity contribution in [2.75, 3.05) is 39.3 Å². The van der Waals surface area contributed by atoms with E-state index in [0.717, 1.165) is 12.5 Å². The molecule has 1 atom stereocenters. The molecule has 2 saturated heterocycles. The predicted molar refractivity (Wildman–Crippen MR) is 62.0 cm³/mol. The van der Waals surface area contributed by atoms with Crippen molar-refractivity contribution >= 4 is 0 Å². The van der Waals surface area contributed by atoms with Crippen LogP contribution in [0.4, 0.5) is 0 Å². The van der Waals surface area contributed by atoms with E-state index in [1.807, 2.05) is 0 Å². The highest BCUT2D eigenvalue weighted by Crippen LogP contribution is 2.21. The Labute approximate surface area is 93.1 Å². The second kappa shape index (κ2) is 5.83. The summed E-state index contributed by atoms with van der Waals surface area (Å²) in [4.78, 5) is 5.27. The smallest absolute Gasteiger partial charge is 0.0431 e. The highest BCUT2D eigenvalue weighted by Gasteiger charge is 2.29. The van der Waals surface area contributed by atoms with Crippen LogP contribution >= 0.6 is 0 Å². The van der Waals surface area contributed by atoms with Gasteiger partial charge in [-0.2, -0.15) is 0 Å². The Kier molecular flexibility index (Phi) is 4.42. The third-order valence-corrected chi connectivity index (χ3v) is 3.80. The molecule has 0 aromatic carbocycles. The summed E-state index contributed by atoms with van der Waals surface area (Å²) < 4.78 is 0. The molecule has 0 aromatic rings. The lowest BCUT2D eigenvalue weighted by Gasteiger charge is -2.37. The van der Waals surface area contributed by atoms with Gasteiger partial charge in [-0.3, -0.25) is 4.90 Å². The van der Waals surface area contributed by atoms with Gasteiger partial charge < -0.3 is 10.0 Å². The molecule has 2 fully saturated rings. The van der Waals surface area contributed by atoms with Crippen molar-refractivity contribution in [2.45, 2.75) is 38.1 Å². The second-order valence-corrected chi connectivity index (χ2v) is 4.92. The normalized spacial score (nSPS) is 28.2. The molecule has 15 heavy (non-hydrogen) atoms. The maximum atomic E-state index is 8.71. The molecule has 0 bridgehead atoms. The number of aliphatic hydroxyl groups excluding tert-OH is 1. The van der Waals surface area contributed by atoms with Crippen LogP contribution in [-0.2, 0) is 0 Å². The summed E-state index contributed by atoms with van der Waals surface area (Å²) in [5.74, 6) is 0. The van der Waals surface area contributed by atoms with Gasteiger partial charge in [0.25, 0.3) is 0 Å². The first-order valence-electron chi connectivity index (χ1n) is 6.47. The number of hydrogen-bond donors (Lipinski definition) is 1. The van der Waals surface area contributed by atoms with E-state index in [1.54, 1.807) is 0 Å². The van der Waals surface area contributed by atoms with Gasteiger partial charge in [0.05, 0.1) is 0 Å². The van der Waals surface area contributed by atoms with Crippen molar-refractivity contribution in [1.29, 1.82) is 0 Å². The van der Waals surface area contributed by atoms with E-state index >= 15 is 0 Å². The summed E-state index contributed by atoms with van der Waals surface area (Å²) in [6, 6.07) is 0.858. The Morgan fingerprint density at radius 1 is 1.07 bits per heavy atom. The number of fused-ring (bicyclic) bond motifs is 1. The van der Waals surface area contributed by atoms with Crippen LogP contribution in [0.5, 0.6) is 0 Å². The fourth-order valence-corrected chi connectivity index (χ4v) is 2.88. The van der Waals surface area contributed by atoms with Crippen LogP contribution in [0.3, 0.4) is 0 Å². The first-order chi connectivity index (χ1) is 7.40. The van der Waals surface area contributed by atoms with Crippen LogP contribution in [-0.4, -0.2) is 60.3 Å². The van der Waals surface area contributed by atoms with Crippen LogP contribution in [0, 0.1) is 0 Å². The van der Waals surface area contributed by atoms with E-state index in [-0.39, 0.29) is 0 Å². The standard InChI is InChI=1S/C12H24N2O/c15-10-3-1-2-6-13-8-9-14-7-4-5-12(14)11-13/h12,15H,1-11H2. The lowest BCUT2D eigenvalue weighted by molar-refractivity contribution is 0.103. The predicted octanol–water partition coefficient (Wildman–Crippen LogP) is 0.929. The van der Waals surface area contributed by atoms with Crippen molar-refractivity contribution in [2.24, 2.45) is 0 Å². The summed E-state index contributed by atoms with van der Waals surface area (Å²) in [7, 11) is 0. The van der Waals surface area contributed by atoms with Crippen molar-refractivity contribution in [3.8, 4) is 0 Å². The molecule has 0 aromatic heterocycles. The quantitative estimate of drug-likeness (QED) is 0.687. The molecule has 1 unspecified atom stereocenters. The fourth-order valence-electron chi connectivity index (χ4n) is 2.88. The molecule has 2 aliphatic heterocycles. The molecule has 2 heterocycles. The van der Waals surface area contributed by atoms with Gasteiger partial charge in [-0.1, -0.05) is 0 Å². The second-order valence-electron chi connectivity index (χ2n) is 4.92. The van der Waals surface area contributed by atoms with Gasteiger partial charge in [-0.15, -0.1) is 0 Å². The molecule has 88 valence electrons. The molecule has 0 amide bonds. The molecule has 3 nitrogen and oxygen atoms in total. The highest BCUT2D eigenvalue weighted by atomic mass is 16.2. The zero-order chi connectivity index (χ0) is 10.5. The molecular weight excluding hydrogens is 188 g/mol. The maximum absolute atomic E-state index is 8.71. The number of piperazine rings is 1. The van der Waals surface area contributed by atoms with E-state index in [1.165, 1.54) is 58.4 Å². The Bertz CT molecular complexity index is 186.